The van der Waals surface area contributed by atoms with Crippen LogP contribution >= 0.6 is 0 Å². The molecular weight excluding hydrogens is 306 g/mol. The molecule has 0 fully saturated rings. The van der Waals surface area contributed by atoms with Crippen LogP contribution < -0.4 is 5.32 Å². The van der Waals surface area contributed by atoms with Crippen LogP contribution in [-0.4, -0.2) is 29.9 Å². The highest BCUT2D eigenvalue weighted by Crippen LogP contribution is 2.30. The number of anilines is 2. The minimum atomic E-state index is 0.429. The average molecular weight is 317 g/mol. The Bertz CT molecular complexity index is 927. The third-order valence-electron chi connectivity index (χ3n) is 3.26. The number of nitrogens with zero attached hydrogens (tertiary/aromatic N) is 6. The highest BCUT2D eigenvalue weighted by Gasteiger charge is 2.13. The number of hydrogen-bond donors (Lipinski definition) is 1. The lowest BCUT2D eigenvalue weighted by Gasteiger charge is -2.09. The zero-order chi connectivity index (χ0) is 16.2. The predicted molar refractivity (Wildman–Crippen MR) is 86.1 cm³/mol. The van der Waals surface area contributed by atoms with E-state index in [-0.39, 0.29) is 0 Å². The van der Waals surface area contributed by atoms with Crippen LogP contribution in [0.5, 0.6) is 0 Å². The first-order valence-electron chi connectivity index (χ1n) is 7.08. The second-order valence-corrected chi connectivity index (χ2v) is 4.81. The van der Waals surface area contributed by atoms with Gasteiger partial charge in [-0.2, -0.15) is 0 Å². The third-order valence-corrected chi connectivity index (χ3v) is 3.26. The first-order chi connectivity index (χ1) is 11.9. The second kappa shape index (κ2) is 6.21. The van der Waals surface area contributed by atoms with Gasteiger partial charge >= 0.3 is 0 Å². The Morgan fingerprint density at radius 1 is 0.917 bits per heavy atom. The number of nitrogens with one attached hydrogen (secondary N) is 1. The van der Waals surface area contributed by atoms with Gasteiger partial charge in [0, 0.05) is 23.5 Å². The number of rotatable bonds is 4. The SMILES string of the molecule is c1cc(-c2cnc(Nc3cncnc3)nc2-c2ccoc2)ncn1. The van der Waals surface area contributed by atoms with Gasteiger partial charge in [-0.1, -0.05) is 0 Å². The molecule has 0 aromatic carbocycles. The van der Waals surface area contributed by atoms with Crippen molar-refractivity contribution in [3.05, 3.63) is 62.1 Å². The molecule has 0 amide bonds. The molecule has 0 saturated carbocycles. The van der Waals surface area contributed by atoms with Gasteiger partial charge in [0.25, 0.3) is 0 Å². The van der Waals surface area contributed by atoms with Gasteiger partial charge in [0.05, 0.1) is 42.0 Å². The van der Waals surface area contributed by atoms with Crippen LogP contribution in [0.2, 0.25) is 0 Å². The largest absolute Gasteiger partial charge is 0.472 e. The third kappa shape index (κ3) is 2.80. The minimum Gasteiger partial charge on any atom is -0.472 e. The van der Waals surface area contributed by atoms with Gasteiger partial charge < -0.3 is 9.73 Å². The van der Waals surface area contributed by atoms with E-state index in [1.807, 2.05) is 6.07 Å². The number of furan rings is 1. The van der Waals surface area contributed by atoms with Crippen molar-refractivity contribution >= 4 is 11.6 Å². The number of hydrogen-bond acceptors (Lipinski definition) is 8. The Balaban J connectivity index is 1.78. The van der Waals surface area contributed by atoms with Crippen LogP contribution in [0.4, 0.5) is 11.6 Å². The van der Waals surface area contributed by atoms with Gasteiger partial charge in [-0.15, -0.1) is 0 Å². The van der Waals surface area contributed by atoms with E-state index in [9.17, 15) is 0 Å². The molecule has 4 heterocycles. The summed E-state index contributed by atoms with van der Waals surface area (Å²) in [4.78, 5) is 25.1. The molecule has 8 nitrogen and oxygen atoms in total. The monoisotopic (exact) mass is 317 g/mol. The van der Waals surface area contributed by atoms with E-state index in [4.69, 9.17) is 4.42 Å². The van der Waals surface area contributed by atoms with Gasteiger partial charge in [-0.25, -0.2) is 29.9 Å². The van der Waals surface area contributed by atoms with Crippen LogP contribution in [0.1, 0.15) is 0 Å². The molecule has 0 radical (unpaired) electrons. The Labute approximate surface area is 136 Å². The molecule has 116 valence electrons. The fraction of sp³-hybridized carbons (Fsp3) is 0. The van der Waals surface area contributed by atoms with Crippen molar-refractivity contribution < 1.29 is 4.42 Å². The number of aromatic nitrogens is 6. The van der Waals surface area contributed by atoms with Gasteiger partial charge in [0.1, 0.15) is 12.7 Å². The van der Waals surface area contributed by atoms with Crippen molar-refractivity contribution in [3.63, 3.8) is 0 Å². The molecule has 0 aliphatic heterocycles. The molecule has 0 aliphatic rings. The Morgan fingerprint density at radius 3 is 2.58 bits per heavy atom. The lowest BCUT2D eigenvalue weighted by molar-refractivity contribution is 0.568. The standard InChI is InChI=1S/C16H11N7O/c1-3-17-10-21-14(1)13-7-20-16(22-12-5-18-9-19-6-12)23-15(13)11-2-4-24-8-11/h1-10H,(H,20,22,23). The second-order valence-electron chi connectivity index (χ2n) is 4.81. The topological polar surface area (TPSA) is 103 Å². The fourth-order valence-electron chi connectivity index (χ4n) is 2.19. The van der Waals surface area contributed by atoms with Crippen molar-refractivity contribution in [1.82, 2.24) is 29.9 Å². The van der Waals surface area contributed by atoms with E-state index >= 15 is 0 Å². The molecule has 0 aliphatic carbocycles. The van der Waals surface area contributed by atoms with E-state index in [1.54, 1.807) is 43.4 Å². The molecular formula is C16H11N7O. The molecule has 1 N–H and O–H groups in total. The lowest BCUT2D eigenvalue weighted by Crippen LogP contribution is -2.01. The fourth-order valence-corrected chi connectivity index (χ4v) is 2.19. The molecule has 0 atom stereocenters. The summed E-state index contributed by atoms with van der Waals surface area (Å²) in [7, 11) is 0. The lowest BCUT2D eigenvalue weighted by atomic mass is 10.1. The normalized spacial score (nSPS) is 10.5. The smallest absolute Gasteiger partial charge is 0.227 e. The molecule has 0 spiro atoms. The van der Waals surface area contributed by atoms with Crippen LogP contribution in [0.3, 0.4) is 0 Å². The Morgan fingerprint density at radius 2 is 1.83 bits per heavy atom. The van der Waals surface area contributed by atoms with Crippen molar-refractivity contribution in [2.45, 2.75) is 0 Å². The quantitative estimate of drug-likeness (QED) is 0.613. The predicted octanol–water partition coefficient (Wildman–Crippen LogP) is 2.73. The molecule has 24 heavy (non-hydrogen) atoms. The molecule has 8 heteroatoms. The highest BCUT2D eigenvalue weighted by molar-refractivity contribution is 5.78. The summed E-state index contributed by atoms with van der Waals surface area (Å²) >= 11 is 0. The van der Waals surface area contributed by atoms with Gasteiger partial charge in [0.2, 0.25) is 5.95 Å². The summed E-state index contributed by atoms with van der Waals surface area (Å²) in [5.74, 6) is 0.429. The summed E-state index contributed by atoms with van der Waals surface area (Å²) in [5, 5.41) is 3.07. The van der Waals surface area contributed by atoms with E-state index in [2.05, 4.69) is 35.2 Å². The average Bonchev–Trinajstić information content (AvgIpc) is 3.18. The Hall–Kier alpha value is -3.68. The summed E-state index contributed by atoms with van der Waals surface area (Å²) < 4.78 is 5.18. The first-order valence-corrected chi connectivity index (χ1v) is 7.08. The molecule has 4 aromatic heterocycles. The van der Waals surface area contributed by atoms with Crippen molar-refractivity contribution in [3.8, 4) is 22.5 Å². The van der Waals surface area contributed by atoms with Gasteiger partial charge in [-0.05, 0) is 12.1 Å². The molecule has 4 aromatic rings. The van der Waals surface area contributed by atoms with E-state index < -0.39 is 0 Å². The minimum absolute atomic E-state index is 0.429. The summed E-state index contributed by atoms with van der Waals surface area (Å²) in [5.41, 5.74) is 3.75. The van der Waals surface area contributed by atoms with Crippen LogP contribution in [-0.2, 0) is 0 Å². The summed E-state index contributed by atoms with van der Waals surface area (Å²) in [6.45, 7) is 0. The van der Waals surface area contributed by atoms with Gasteiger partial charge in [-0.3, -0.25) is 0 Å². The van der Waals surface area contributed by atoms with E-state index in [1.165, 1.54) is 12.7 Å². The summed E-state index contributed by atoms with van der Waals surface area (Å²) in [6.07, 6.45) is 12.8. The zero-order valence-electron chi connectivity index (χ0n) is 12.4. The van der Waals surface area contributed by atoms with E-state index in [0.29, 0.717) is 17.3 Å². The molecule has 0 bridgehead atoms. The van der Waals surface area contributed by atoms with Crippen molar-refractivity contribution in [1.29, 1.82) is 0 Å². The highest BCUT2D eigenvalue weighted by atomic mass is 16.3. The maximum atomic E-state index is 5.18. The molecule has 0 unspecified atom stereocenters. The maximum Gasteiger partial charge on any atom is 0.227 e. The van der Waals surface area contributed by atoms with Crippen LogP contribution in [0, 0.1) is 0 Å². The maximum absolute atomic E-state index is 5.18. The summed E-state index contributed by atoms with van der Waals surface area (Å²) in [6, 6.07) is 3.64. The van der Waals surface area contributed by atoms with Gasteiger partial charge in [0.15, 0.2) is 0 Å². The molecule has 4 rings (SSSR count). The molecule has 0 saturated heterocycles. The zero-order valence-corrected chi connectivity index (χ0v) is 12.4. The van der Waals surface area contributed by atoms with Crippen molar-refractivity contribution in [2.75, 3.05) is 5.32 Å². The first kappa shape index (κ1) is 13.9. The van der Waals surface area contributed by atoms with Crippen LogP contribution in [0.15, 0.2) is 66.5 Å². The van der Waals surface area contributed by atoms with Crippen LogP contribution in [0.25, 0.3) is 22.5 Å². The Kier molecular flexibility index (Phi) is 3.61. The van der Waals surface area contributed by atoms with Crippen molar-refractivity contribution in [2.24, 2.45) is 0 Å². The van der Waals surface area contributed by atoms with E-state index in [0.717, 1.165) is 16.8 Å².